The van der Waals surface area contributed by atoms with Gasteiger partial charge in [-0.1, -0.05) is 56.5 Å². The summed E-state index contributed by atoms with van der Waals surface area (Å²) in [5.41, 5.74) is 2.43. The van der Waals surface area contributed by atoms with E-state index in [-0.39, 0.29) is 0 Å². The van der Waals surface area contributed by atoms with Gasteiger partial charge >= 0.3 is 0 Å². The molecule has 0 saturated heterocycles. The fourth-order valence-electron chi connectivity index (χ4n) is 2.65. The van der Waals surface area contributed by atoms with Gasteiger partial charge in [0.05, 0.1) is 6.61 Å². The first-order chi connectivity index (χ1) is 12.7. The number of azo groups is 1. The molecule has 0 spiro atoms. The third-order valence-corrected chi connectivity index (χ3v) is 4.29. The number of hydrogen-bond donors (Lipinski definition) is 0. The van der Waals surface area contributed by atoms with Crippen LogP contribution in [0, 0.1) is 5.21 Å². The molecule has 0 N–H and O–H groups in total. The number of hydrogen-bond acceptors (Lipinski definition) is 3. The minimum Gasteiger partial charge on any atom is -0.594 e. The second-order valence-electron chi connectivity index (χ2n) is 6.55. The number of aryl methyl sites for hydroxylation is 1. The number of rotatable bonds is 11. The van der Waals surface area contributed by atoms with Crippen molar-refractivity contribution >= 4 is 11.4 Å². The Morgan fingerprint density at radius 1 is 0.846 bits per heavy atom. The summed E-state index contributed by atoms with van der Waals surface area (Å²) in [6.45, 7) is 5.06. The zero-order valence-corrected chi connectivity index (χ0v) is 16.0. The summed E-state index contributed by atoms with van der Waals surface area (Å²) in [7, 11) is 0. The standard InChI is InChI=1S/C22H30N2O2/c1-3-5-7-8-9-19-10-14-21(15-11-19)24(25)23-20-12-16-22(17-13-20)26-18-6-4-2/h10-17H,3-9,18H2,1-2H3. The fourth-order valence-corrected chi connectivity index (χ4v) is 2.65. The van der Waals surface area contributed by atoms with Crippen LogP contribution in [0.15, 0.2) is 53.6 Å². The Balaban J connectivity index is 1.91. The van der Waals surface area contributed by atoms with E-state index in [2.05, 4.69) is 19.0 Å². The van der Waals surface area contributed by atoms with Crippen molar-refractivity contribution < 1.29 is 9.60 Å². The third kappa shape index (κ3) is 6.87. The predicted octanol–water partition coefficient (Wildman–Crippen LogP) is 6.91. The van der Waals surface area contributed by atoms with Crippen molar-refractivity contribution in [3.05, 3.63) is 59.3 Å². The second-order valence-corrected chi connectivity index (χ2v) is 6.55. The van der Waals surface area contributed by atoms with Gasteiger partial charge in [0.15, 0.2) is 0 Å². The molecule has 2 aromatic rings. The van der Waals surface area contributed by atoms with Crippen LogP contribution in [0.2, 0.25) is 0 Å². The van der Waals surface area contributed by atoms with Gasteiger partial charge in [0.25, 0.3) is 0 Å². The molecule has 4 nitrogen and oxygen atoms in total. The van der Waals surface area contributed by atoms with Crippen molar-refractivity contribution in [1.29, 1.82) is 0 Å². The van der Waals surface area contributed by atoms with E-state index in [1.54, 1.807) is 12.1 Å². The van der Waals surface area contributed by atoms with E-state index in [1.807, 2.05) is 36.4 Å². The Morgan fingerprint density at radius 2 is 1.54 bits per heavy atom. The Kier molecular flexibility index (Phi) is 8.67. The van der Waals surface area contributed by atoms with E-state index < -0.39 is 0 Å². The van der Waals surface area contributed by atoms with Crippen LogP contribution in [0.1, 0.15) is 57.9 Å². The monoisotopic (exact) mass is 354 g/mol. The van der Waals surface area contributed by atoms with Crippen molar-refractivity contribution in [1.82, 2.24) is 0 Å². The van der Waals surface area contributed by atoms with Crippen LogP contribution in [-0.2, 0) is 6.42 Å². The number of nitrogens with zero attached hydrogens (tertiary/aromatic N) is 2. The molecule has 140 valence electrons. The molecule has 0 unspecified atom stereocenters. The minimum absolute atomic E-state index is 0.547. The van der Waals surface area contributed by atoms with E-state index in [0.717, 1.165) is 25.0 Å². The molecule has 2 rings (SSSR count). The van der Waals surface area contributed by atoms with Crippen molar-refractivity contribution in [3.8, 4) is 5.75 Å². The molecule has 0 aromatic heterocycles. The lowest BCUT2D eigenvalue weighted by atomic mass is 10.1. The smallest absolute Gasteiger partial charge is 0.244 e. The first-order valence-corrected chi connectivity index (χ1v) is 9.73. The van der Waals surface area contributed by atoms with Gasteiger partial charge in [-0.3, -0.25) is 0 Å². The minimum atomic E-state index is 0.547. The Labute approximate surface area is 157 Å². The largest absolute Gasteiger partial charge is 0.594 e. The highest BCUT2D eigenvalue weighted by Crippen LogP contribution is 2.21. The molecule has 0 bridgehead atoms. The average Bonchev–Trinajstić information content (AvgIpc) is 2.67. The van der Waals surface area contributed by atoms with Crippen LogP contribution in [-0.4, -0.2) is 11.5 Å². The molecule has 4 heteroatoms. The van der Waals surface area contributed by atoms with Crippen molar-refractivity contribution in [2.45, 2.75) is 58.8 Å². The van der Waals surface area contributed by atoms with E-state index >= 15 is 0 Å². The van der Waals surface area contributed by atoms with E-state index in [1.165, 1.54) is 31.2 Å². The molecule has 0 saturated carbocycles. The summed E-state index contributed by atoms with van der Waals surface area (Å²) in [6, 6.07) is 15.0. The van der Waals surface area contributed by atoms with Gasteiger partial charge < -0.3 is 9.94 Å². The van der Waals surface area contributed by atoms with Gasteiger partial charge in [0, 0.05) is 17.2 Å². The molecule has 0 heterocycles. The summed E-state index contributed by atoms with van der Waals surface area (Å²) < 4.78 is 5.62. The second kappa shape index (κ2) is 11.3. The Morgan fingerprint density at radius 3 is 2.19 bits per heavy atom. The Bertz CT molecular complexity index is 664. The number of benzene rings is 2. The van der Waals surface area contributed by atoms with Crippen LogP contribution in [0.4, 0.5) is 11.4 Å². The van der Waals surface area contributed by atoms with Crippen LogP contribution in [0.25, 0.3) is 0 Å². The van der Waals surface area contributed by atoms with E-state index in [9.17, 15) is 5.21 Å². The summed E-state index contributed by atoms with van der Waals surface area (Å²) in [6.07, 6.45) is 8.21. The topological polar surface area (TPSA) is 47.7 Å². The van der Waals surface area contributed by atoms with Crippen molar-refractivity contribution in [2.24, 2.45) is 5.11 Å². The molecular formula is C22H30N2O2. The summed E-state index contributed by atoms with van der Waals surface area (Å²) >= 11 is 0. The maximum atomic E-state index is 12.2. The van der Waals surface area contributed by atoms with E-state index in [4.69, 9.17) is 4.74 Å². The molecular weight excluding hydrogens is 324 g/mol. The van der Waals surface area contributed by atoms with Gasteiger partial charge in [0.1, 0.15) is 11.4 Å². The highest BCUT2D eigenvalue weighted by atomic mass is 16.5. The summed E-state index contributed by atoms with van der Waals surface area (Å²) in [5, 5.41) is 16.3. The highest BCUT2D eigenvalue weighted by molar-refractivity contribution is 5.40. The van der Waals surface area contributed by atoms with Gasteiger partial charge in [-0.15, -0.1) is 0 Å². The zero-order chi connectivity index (χ0) is 18.6. The van der Waals surface area contributed by atoms with Gasteiger partial charge in [-0.05, 0) is 49.1 Å². The Hall–Kier alpha value is -2.36. The maximum Gasteiger partial charge on any atom is 0.244 e. The first kappa shape index (κ1) is 20.0. The van der Waals surface area contributed by atoms with Crippen molar-refractivity contribution in [2.75, 3.05) is 6.61 Å². The van der Waals surface area contributed by atoms with Gasteiger partial charge in [-0.25, -0.2) is 0 Å². The third-order valence-electron chi connectivity index (χ3n) is 4.29. The van der Waals surface area contributed by atoms with Crippen molar-refractivity contribution in [3.63, 3.8) is 0 Å². The summed E-state index contributed by atoms with van der Waals surface area (Å²) in [5.74, 6) is 0.808. The number of unbranched alkanes of at least 4 members (excludes halogenated alkanes) is 4. The molecule has 26 heavy (non-hydrogen) atoms. The molecule has 0 amide bonds. The quantitative estimate of drug-likeness (QED) is 0.190. The molecule has 0 aliphatic carbocycles. The first-order valence-electron chi connectivity index (χ1n) is 9.73. The van der Waals surface area contributed by atoms with Crippen LogP contribution in [0.3, 0.4) is 0 Å². The lowest BCUT2D eigenvalue weighted by Gasteiger charge is -2.05. The SMILES string of the molecule is CCCCCCc1ccc([N+]([O-])=Nc2ccc(OCCCC)cc2)cc1. The molecule has 2 aromatic carbocycles. The summed E-state index contributed by atoms with van der Waals surface area (Å²) in [4.78, 5) is 0.674. The fraction of sp³-hybridized carbons (Fsp3) is 0.455. The van der Waals surface area contributed by atoms with Gasteiger partial charge in [-0.2, -0.15) is 0 Å². The lowest BCUT2D eigenvalue weighted by Crippen LogP contribution is -1.95. The molecule has 0 aliphatic heterocycles. The van der Waals surface area contributed by atoms with Crippen LogP contribution >= 0.6 is 0 Å². The predicted molar refractivity (Wildman–Crippen MR) is 107 cm³/mol. The van der Waals surface area contributed by atoms with Crippen LogP contribution in [0.5, 0.6) is 5.75 Å². The average molecular weight is 354 g/mol. The lowest BCUT2D eigenvalue weighted by molar-refractivity contribution is -0.435. The number of ether oxygens (including phenoxy) is 1. The maximum absolute atomic E-state index is 12.2. The zero-order valence-electron chi connectivity index (χ0n) is 16.0. The van der Waals surface area contributed by atoms with Crippen LogP contribution < -0.4 is 4.74 Å². The molecule has 0 fully saturated rings. The molecule has 0 atom stereocenters. The van der Waals surface area contributed by atoms with Gasteiger partial charge in [0.2, 0.25) is 5.69 Å². The molecule has 0 aliphatic rings. The van der Waals surface area contributed by atoms with E-state index in [0.29, 0.717) is 22.8 Å². The normalized spacial score (nSPS) is 11.5. The molecule has 0 radical (unpaired) electrons. The highest BCUT2D eigenvalue weighted by Gasteiger charge is 2.05.